The number of nitrogens with zero attached hydrogens (tertiary/aromatic N) is 1. The fourth-order valence-electron chi connectivity index (χ4n) is 2.05. The van der Waals surface area contributed by atoms with Crippen molar-refractivity contribution in [1.29, 1.82) is 0 Å². The molecule has 0 aliphatic rings. The number of benzene rings is 2. The van der Waals surface area contributed by atoms with Gasteiger partial charge in [-0.3, -0.25) is 4.98 Å². The van der Waals surface area contributed by atoms with Crippen LogP contribution in [-0.2, 0) is 0 Å². The normalized spacial score (nSPS) is 10.5. The Hall–Kier alpha value is -2.55. The summed E-state index contributed by atoms with van der Waals surface area (Å²) in [6.07, 6.45) is 1.66. The van der Waals surface area contributed by atoms with Gasteiger partial charge in [0.05, 0.1) is 5.69 Å². The second-order valence-corrected chi connectivity index (χ2v) is 4.42. The minimum absolute atomic E-state index is 0.171. The van der Waals surface area contributed by atoms with E-state index in [0.717, 1.165) is 29.3 Å². The monoisotopic (exact) mass is 267 g/mol. The molecular weight excluding hydrogens is 256 g/mol. The summed E-state index contributed by atoms with van der Waals surface area (Å²) in [7, 11) is 0. The molecule has 0 spiro atoms. The molecule has 2 aromatic carbocycles. The second-order valence-electron chi connectivity index (χ2n) is 4.42. The molecule has 0 unspecified atom stereocenters. The largest absolute Gasteiger partial charge is 0.256 e. The molecule has 0 saturated carbocycles. The SMILES string of the molecule is Fc1ccc(F)c(-c2ccc(-c3ccccc3)cn2)c1. The molecule has 1 aromatic heterocycles. The Balaban J connectivity index is 2.00. The lowest BCUT2D eigenvalue weighted by molar-refractivity contribution is 0.602. The van der Waals surface area contributed by atoms with Crippen LogP contribution in [0.2, 0.25) is 0 Å². The summed E-state index contributed by atoms with van der Waals surface area (Å²) in [5.41, 5.74) is 2.56. The van der Waals surface area contributed by atoms with Gasteiger partial charge < -0.3 is 0 Å². The van der Waals surface area contributed by atoms with Crippen molar-refractivity contribution in [2.75, 3.05) is 0 Å². The van der Waals surface area contributed by atoms with E-state index in [1.807, 2.05) is 36.4 Å². The third-order valence-corrected chi connectivity index (χ3v) is 3.07. The summed E-state index contributed by atoms with van der Waals surface area (Å²) < 4.78 is 26.9. The van der Waals surface area contributed by atoms with Crippen LogP contribution in [0.25, 0.3) is 22.4 Å². The van der Waals surface area contributed by atoms with Gasteiger partial charge >= 0.3 is 0 Å². The summed E-state index contributed by atoms with van der Waals surface area (Å²) in [5.74, 6) is -0.957. The van der Waals surface area contributed by atoms with Crippen LogP contribution in [-0.4, -0.2) is 4.98 Å². The molecule has 20 heavy (non-hydrogen) atoms. The molecular formula is C17H11F2N. The van der Waals surface area contributed by atoms with E-state index in [2.05, 4.69) is 4.98 Å². The zero-order valence-electron chi connectivity index (χ0n) is 10.6. The average molecular weight is 267 g/mol. The highest BCUT2D eigenvalue weighted by atomic mass is 19.1. The highest BCUT2D eigenvalue weighted by molar-refractivity contribution is 5.66. The third kappa shape index (κ3) is 2.43. The maximum Gasteiger partial charge on any atom is 0.132 e. The smallest absolute Gasteiger partial charge is 0.132 e. The number of pyridine rings is 1. The Kier molecular flexibility index (Phi) is 3.25. The number of hydrogen-bond donors (Lipinski definition) is 0. The summed E-state index contributed by atoms with van der Waals surface area (Å²) >= 11 is 0. The van der Waals surface area contributed by atoms with E-state index in [-0.39, 0.29) is 5.56 Å². The molecule has 3 rings (SSSR count). The van der Waals surface area contributed by atoms with Crippen LogP contribution in [0.15, 0.2) is 66.9 Å². The molecule has 0 radical (unpaired) electrons. The van der Waals surface area contributed by atoms with E-state index in [0.29, 0.717) is 5.69 Å². The van der Waals surface area contributed by atoms with Crippen molar-refractivity contribution >= 4 is 0 Å². The lowest BCUT2D eigenvalue weighted by Crippen LogP contribution is -1.90. The maximum atomic E-state index is 13.7. The van der Waals surface area contributed by atoms with Crippen LogP contribution in [0.5, 0.6) is 0 Å². The van der Waals surface area contributed by atoms with Crippen LogP contribution in [0.1, 0.15) is 0 Å². The van der Waals surface area contributed by atoms with E-state index in [9.17, 15) is 8.78 Å². The molecule has 0 aliphatic heterocycles. The number of rotatable bonds is 2. The zero-order chi connectivity index (χ0) is 13.9. The van der Waals surface area contributed by atoms with Crippen LogP contribution in [0, 0.1) is 11.6 Å². The molecule has 0 N–H and O–H groups in total. The van der Waals surface area contributed by atoms with Gasteiger partial charge in [0.2, 0.25) is 0 Å². The second kappa shape index (κ2) is 5.21. The standard InChI is InChI=1S/C17H11F2N/c18-14-7-8-16(19)15(10-14)17-9-6-13(11-20-17)12-4-2-1-3-5-12/h1-11H. The Morgan fingerprint density at radius 2 is 1.55 bits per heavy atom. The fourth-order valence-corrected chi connectivity index (χ4v) is 2.05. The van der Waals surface area contributed by atoms with Crippen molar-refractivity contribution in [3.05, 3.63) is 78.5 Å². The summed E-state index contributed by atoms with van der Waals surface area (Å²) in [5, 5.41) is 0. The minimum Gasteiger partial charge on any atom is -0.256 e. The Morgan fingerprint density at radius 3 is 2.25 bits per heavy atom. The quantitative estimate of drug-likeness (QED) is 0.656. The van der Waals surface area contributed by atoms with Gasteiger partial charge in [0, 0.05) is 17.3 Å². The highest BCUT2D eigenvalue weighted by Crippen LogP contribution is 2.24. The van der Waals surface area contributed by atoms with Crippen molar-refractivity contribution in [3.8, 4) is 22.4 Å². The molecule has 0 bridgehead atoms. The van der Waals surface area contributed by atoms with Gasteiger partial charge in [-0.15, -0.1) is 0 Å². The van der Waals surface area contributed by atoms with Gasteiger partial charge in [-0.25, -0.2) is 8.78 Å². The first-order valence-electron chi connectivity index (χ1n) is 6.21. The molecule has 0 atom stereocenters. The predicted octanol–water partition coefficient (Wildman–Crippen LogP) is 4.69. The van der Waals surface area contributed by atoms with Gasteiger partial charge in [-0.2, -0.15) is 0 Å². The molecule has 0 aliphatic carbocycles. The summed E-state index contributed by atoms with van der Waals surface area (Å²) in [6, 6.07) is 16.7. The van der Waals surface area contributed by atoms with Gasteiger partial charge in [-0.05, 0) is 29.8 Å². The molecule has 0 amide bonds. The van der Waals surface area contributed by atoms with Crippen LogP contribution in [0.4, 0.5) is 8.78 Å². The van der Waals surface area contributed by atoms with E-state index in [4.69, 9.17) is 0 Å². The van der Waals surface area contributed by atoms with Crippen molar-refractivity contribution in [2.45, 2.75) is 0 Å². The first-order valence-corrected chi connectivity index (χ1v) is 6.21. The van der Waals surface area contributed by atoms with E-state index in [1.54, 1.807) is 12.3 Å². The van der Waals surface area contributed by atoms with Gasteiger partial charge in [0.1, 0.15) is 11.6 Å². The van der Waals surface area contributed by atoms with Crippen molar-refractivity contribution in [1.82, 2.24) is 4.98 Å². The van der Waals surface area contributed by atoms with Gasteiger partial charge in [0.25, 0.3) is 0 Å². The Labute approximate surface area is 115 Å². The van der Waals surface area contributed by atoms with Crippen molar-refractivity contribution in [2.24, 2.45) is 0 Å². The average Bonchev–Trinajstić information content (AvgIpc) is 2.51. The number of halogens is 2. The molecule has 1 heterocycles. The molecule has 98 valence electrons. The molecule has 0 fully saturated rings. The number of aromatic nitrogens is 1. The third-order valence-electron chi connectivity index (χ3n) is 3.07. The minimum atomic E-state index is -0.480. The molecule has 1 nitrogen and oxygen atoms in total. The topological polar surface area (TPSA) is 12.9 Å². The highest BCUT2D eigenvalue weighted by Gasteiger charge is 2.08. The van der Waals surface area contributed by atoms with Gasteiger partial charge in [-0.1, -0.05) is 36.4 Å². The first-order chi connectivity index (χ1) is 9.74. The van der Waals surface area contributed by atoms with Gasteiger partial charge in [0.15, 0.2) is 0 Å². The van der Waals surface area contributed by atoms with E-state index in [1.165, 1.54) is 0 Å². The number of hydrogen-bond acceptors (Lipinski definition) is 1. The zero-order valence-corrected chi connectivity index (χ0v) is 10.6. The van der Waals surface area contributed by atoms with Crippen LogP contribution >= 0.6 is 0 Å². The van der Waals surface area contributed by atoms with E-state index >= 15 is 0 Å². The van der Waals surface area contributed by atoms with Crippen molar-refractivity contribution in [3.63, 3.8) is 0 Å². The Bertz CT molecular complexity index is 722. The molecule has 3 heteroatoms. The molecule has 0 saturated heterocycles. The lowest BCUT2D eigenvalue weighted by Gasteiger charge is -2.05. The van der Waals surface area contributed by atoms with Crippen LogP contribution in [0.3, 0.4) is 0 Å². The van der Waals surface area contributed by atoms with Crippen LogP contribution < -0.4 is 0 Å². The summed E-state index contributed by atoms with van der Waals surface area (Å²) in [6.45, 7) is 0. The van der Waals surface area contributed by atoms with Crippen molar-refractivity contribution < 1.29 is 8.78 Å². The Morgan fingerprint density at radius 1 is 0.750 bits per heavy atom. The predicted molar refractivity (Wildman–Crippen MR) is 75.0 cm³/mol. The maximum absolute atomic E-state index is 13.7. The first kappa shape index (κ1) is 12.5. The van der Waals surface area contributed by atoms with E-state index < -0.39 is 11.6 Å². The fraction of sp³-hybridized carbons (Fsp3) is 0. The summed E-state index contributed by atoms with van der Waals surface area (Å²) in [4.78, 5) is 4.22. The molecule has 3 aromatic rings. The lowest BCUT2D eigenvalue weighted by atomic mass is 10.1.